The highest BCUT2D eigenvalue weighted by Crippen LogP contribution is 2.40. The first-order chi connectivity index (χ1) is 10.9. The molecule has 0 amide bonds. The molecule has 2 rings (SSSR count). The molecule has 0 aromatic heterocycles. The van der Waals surface area contributed by atoms with Crippen LogP contribution in [0.15, 0.2) is 43.9 Å². The fourth-order valence-corrected chi connectivity index (χ4v) is 3.50. The van der Waals surface area contributed by atoms with E-state index in [0.717, 1.165) is 36.4 Å². The molecule has 0 unspecified atom stereocenters. The van der Waals surface area contributed by atoms with Crippen LogP contribution in [0, 0.1) is 10.8 Å². The van der Waals surface area contributed by atoms with Gasteiger partial charge in [-0.25, -0.2) is 0 Å². The van der Waals surface area contributed by atoms with Crippen molar-refractivity contribution in [3.05, 3.63) is 43.9 Å². The summed E-state index contributed by atoms with van der Waals surface area (Å²) in [6, 6.07) is 0. The van der Waals surface area contributed by atoms with Gasteiger partial charge in [0.2, 0.25) is 5.70 Å². The van der Waals surface area contributed by atoms with Crippen LogP contribution in [0.25, 0.3) is 0 Å². The van der Waals surface area contributed by atoms with Gasteiger partial charge in [0.1, 0.15) is 20.5 Å². The monoisotopic (exact) mass is 729 g/mol. The first-order valence-electron chi connectivity index (χ1n) is 7.27. The predicted molar refractivity (Wildman–Crippen MR) is 121 cm³/mol. The van der Waals surface area contributed by atoms with Crippen molar-refractivity contribution in [2.45, 2.75) is 41.5 Å². The molecule has 0 bridgehead atoms. The second-order valence-electron chi connectivity index (χ2n) is 7.52. The minimum atomic E-state index is -0.0520. The number of halogens is 6. The van der Waals surface area contributed by atoms with Gasteiger partial charge in [-0.15, -0.1) is 0 Å². The lowest BCUT2D eigenvalue weighted by Crippen LogP contribution is -3.00. The molecule has 2 aliphatic rings. The van der Waals surface area contributed by atoms with Crippen molar-refractivity contribution in [2.24, 2.45) is 10.8 Å². The Morgan fingerprint density at radius 3 is 1.48 bits per heavy atom. The van der Waals surface area contributed by atoms with Gasteiger partial charge in [0, 0.05) is 55.0 Å². The maximum atomic E-state index is 6.19. The van der Waals surface area contributed by atoms with E-state index in [2.05, 4.69) is 135 Å². The maximum absolute atomic E-state index is 6.19. The Balaban J connectivity index is 0.00000185. The molecule has 25 heavy (non-hydrogen) atoms. The van der Waals surface area contributed by atoms with Crippen LogP contribution in [0.2, 0.25) is 0 Å². The molecule has 0 aliphatic carbocycles. The Labute approximate surface area is 201 Å². The zero-order chi connectivity index (χ0) is 18.9. The molecule has 2 aliphatic heterocycles. The first kappa shape index (κ1) is 26.3. The third-order valence-corrected chi connectivity index (χ3v) is 6.64. The molecule has 2 heterocycles. The second-order valence-corrected chi connectivity index (χ2v) is 9.90. The summed E-state index contributed by atoms with van der Waals surface area (Å²) in [5.74, 6) is 1.95. The minimum Gasteiger partial charge on any atom is -1.00 e. The summed E-state index contributed by atoms with van der Waals surface area (Å²) >= 11 is 16.2. The maximum Gasteiger partial charge on any atom is 0.262 e. The van der Waals surface area contributed by atoms with Gasteiger partial charge in [-0.3, -0.25) is 0 Å². The van der Waals surface area contributed by atoms with Crippen LogP contribution in [0.1, 0.15) is 41.5 Å². The van der Waals surface area contributed by atoms with Crippen molar-refractivity contribution in [3.63, 3.8) is 0 Å². The van der Waals surface area contributed by atoms with Crippen molar-refractivity contribution in [1.29, 1.82) is 0 Å². The summed E-state index contributed by atoms with van der Waals surface area (Å²) in [6.45, 7) is 13.0. The molecular weight excluding hydrogens is 714 g/mol. The van der Waals surface area contributed by atoms with Gasteiger partial charge < -0.3 is 21.7 Å². The van der Waals surface area contributed by atoms with E-state index in [9.17, 15) is 0 Å². The van der Waals surface area contributed by atoms with Crippen LogP contribution in [-0.4, -0.2) is 4.62 Å². The molecule has 2 nitrogen and oxygen atoms in total. The highest BCUT2D eigenvalue weighted by Gasteiger charge is 2.33. The third-order valence-electron chi connectivity index (χ3n) is 3.40. The van der Waals surface area contributed by atoms with Crippen LogP contribution < -0.4 is 22.0 Å². The van der Waals surface area contributed by atoms with Crippen LogP contribution in [-0.2, 0) is 4.74 Å². The molecule has 142 valence electrons. The van der Waals surface area contributed by atoms with E-state index in [1.807, 2.05) is 0 Å². The Kier molecular flexibility index (Phi) is 10.7. The molecule has 0 aromatic rings. The summed E-state index contributed by atoms with van der Waals surface area (Å²) in [7, 11) is 0. The van der Waals surface area contributed by atoms with Crippen LogP contribution in [0.3, 0.4) is 0 Å². The molecule has 0 aromatic carbocycles. The fraction of sp³-hybridized carbons (Fsp3) is 0.471. The number of hydrogen-bond acceptors (Lipinski definition) is 1. The number of nitrogens with one attached hydrogen (secondary N) is 1. The Hall–Kier alpha value is 1.31. The van der Waals surface area contributed by atoms with Crippen molar-refractivity contribution in [2.75, 3.05) is 0 Å². The molecule has 0 atom stereocenters. The van der Waals surface area contributed by atoms with E-state index in [-0.39, 0.29) is 27.8 Å². The van der Waals surface area contributed by atoms with E-state index in [1.54, 1.807) is 0 Å². The van der Waals surface area contributed by atoms with Crippen molar-refractivity contribution < 1.29 is 26.7 Å². The predicted octanol–water partition coefficient (Wildman–Crippen LogP) is 3.71. The van der Waals surface area contributed by atoms with Gasteiger partial charge in [0.25, 0.3) is 4.62 Å². The third kappa shape index (κ3) is 6.70. The molecule has 0 spiro atoms. The largest absolute Gasteiger partial charge is 1.00 e. The summed E-state index contributed by atoms with van der Waals surface area (Å²) in [6.07, 6.45) is 4.23. The lowest BCUT2D eigenvalue weighted by atomic mass is 9.87. The Bertz CT molecular complexity index is 640. The zero-order valence-corrected chi connectivity index (χ0v) is 24.3. The van der Waals surface area contributed by atoms with Crippen molar-refractivity contribution in [1.82, 2.24) is 0 Å². The lowest BCUT2D eigenvalue weighted by molar-refractivity contribution is -0.383. The first-order valence-corrected chi connectivity index (χ1v) is 13.4. The van der Waals surface area contributed by atoms with Gasteiger partial charge in [0.05, 0.1) is 5.57 Å². The zero-order valence-electron chi connectivity index (χ0n) is 14.8. The average Bonchev–Trinajstić information content (AvgIpc) is 2.75. The van der Waals surface area contributed by atoms with Gasteiger partial charge in [-0.05, 0) is 44.0 Å². The van der Waals surface area contributed by atoms with Gasteiger partial charge in [-0.2, -0.15) is 4.99 Å². The molecular formula is C17H21Br6NO. The van der Waals surface area contributed by atoms with Crippen LogP contribution in [0.4, 0.5) is 0 Å². The van der Waals surface area contributed by atoms with Gasteiger partial charge in [-0.1, -0.05) is 41.5 Å². The normalized spacial score (nSPS) is 17.8. The fourth-order valence-electron chi connectivity index (χ4n) is 2.01. The van der Waals surface area contributed by atoms with Crippen LogP contribution in [0.5, 0.6) is 0 Å². The smallest absolute Gasteiger partial charge is 0.262 e. The van der Waals surface area contributed by atoms with E-state index in [0.29, 0.717) is 0 Å². The quantitative estimate of drug-likeness (QED) is 0.404. The van der Waals surface area contributed by atoms with E-state index >= 15 is 0 Å². The number of hydrogen-bond donors (Lipinski definition) is 1. The highest BCUT2D eigenvalue weighted by atomic mass is 80.9. The van der Waals surface area contributed by atoms with Gasteiger partial charge >= 0.3 is 0 Å². The number of ether oxygens (including phenoxy) is 1. The van der Waals surface area contributed by atoms with E-state index in [1.165, 1.54) is 0 Å². The Morgan fingerprint density at radius 2 is 1.20 bits per heavy atom. The molecule has 1 N–H and O–H groups in total. The molecule has 0 radical (unpaired) electrons. The second kappa shape index (κ2) is 10.2. The van der Waals surface area contributed by atoms with E-state index < -0.39 is 0 Å². The molecule has 0 saturated heterocycles. The van der Waals surface area contributed by atoms with Crippen molar-refractivity contribution >= 4 is 80.7 Å². The van der Waals surface area contributed by atoms with E-state index in [4.69, 9.17) is 4.74 Å². The average molecular weight is 735 g/mol. The van der Waals surface area contributed by atoms with Crippen LogP contribution >= 0.6 is 76.0 Å². The SMILES string of the molecule is BrBr.CC(C)(C)C1=CC(=C2[NH+]=C(Br)C(Br)=C2Br)C=C(C(C)(C)C)O1.[Br-]. The summed E-state index contributed by atoms with van der Waals surface area (Å²) in [5.41, 5.74) is 2.04. The standard InChI is InChI=1S/C17H20Br3NO.Br2.BrH/c1-16(2,3)10-7-9(8-11(22-10)17(4,5)6)14-12(18)13(19)15(20)21-14;1-2;/h7-8H,1-6H3;;1H. The number of allylic oxidation sites excluding steroid dienone is 7. The summed E-state index contributed by atoms with van der Waals surface area (Å²) < 4.78 is 9.10. The molecule has 0 fully saturated rings. The summed E-state index contributed by atoms with van der Waals surface area (Å²) in [5, 5.41) is 0. The minimum absolute atomic E-state index is 0. The topological polar surface area (TPSA) is 23.2 Å². The van der Waals surface area contributed by atoms with Crippen molar-refractivity contribution in [3.8, 4) is 0 Å². The lowest BCUT2D eigenvalue weighted by Gasteiger charge is -2.32. The summed E-state index contributed by atoms with van der Waals surface area (Å²) in [4.78, 5) is 3.37. The Morgan fingerprint density at radius 1 is 0.800 bits per heavy atom. The molecule has 0 saturated carbocycles. The molecule has 8 heteroatoms. The van der Waals surface area contributed by atoms with Gasteiger partial charge in [0.15, 0.2) is 0 Å². The number of rotatable bonds is 0. The highest BCUT2D eigenvalue weighted by molar-refractivity contribution is 9.93.